The minimum Gasteiger partial charge on any atom is -0.382 e. The van der Waals surface area contributed by atoms with E-state index in [2.05, 4.69) is 4.98 Å². The van der Waals surface area contributed by atoms with Crippen molar-refractivity contribution in [2.24, 2.45) is 0 Å². The highest BCUT2D eigenvalue weighted by atomic mass is 32.2. The van der Waals surface area contributed by atoms with Gasteiger partial charge in [-0.1, -0.05) is 0 Å². The van der Waals surface area contributed by atoms with Crippen LogP contribution >= 0.6 is 0 Å². The standard InChI is InChI=1S/C19H29N3O5S/c1-14(2)28(24,25)21-10-6-16(7-11-21)22-17(15-4-8-20-9-5-15)18(19(22)23)27-13-12-26-3/h4-5,8-9,14,16-18H,6-7,10-13H2,1-3H3/t17-,18+/m0/s1. The Kier molecular flexibility index (Phi) is 6.69. The predicted octanol–water partition coefficient (Wildman–Crippen LogP) is 1.20. The van der Waals surface area contributed by atoms with E-state index in [1.807, 2.05) is 17.0 Å². The summed E-state index contributed by atoms with van der Waals surface area (Å²) >= 11 is 0. The van der Waals surface area contributed by atoms with Crippen LogP contribution < -0.4 is 0 Å². The van der Waals surface area contributed by atoms with Gasteiger partial charge in [-0.05, 0) is 44.4 Å². The molecule has 0 aliphatic carbocycles. The first-order chi connectivity index (χ1) is 13.4. The van der Waals surface area contributed by atoms with E-state index in [1.165, 1.54) is 0 Å². The van der Waals surface area contributed by atoms with E-state index < -0.39 is 21.4 Å². The molecule has 2 saturated heterocycles. The van der Waals surface area contributed by atoms with Crippen molar-refractivity contribution in [2.75, 3.05) is 33.4 Å². The molecule has 0 bridgehead atoms. The first-order valence-corrected chi connectivity index (χ1v) is 11.2. The van der Waals surface area contributed by atoms with Gasteiger partial charge in [0, 0.05) is 38.6 Å². The molecule has 3 rings (SSSR count). The number of likely N-dealkylation sites (tertiary alicyclic amines) is 1. The van der Waals surface area contributed by atoms with E-state index >= 15 is 0 Å². The molecule has 3 heterocycles. The molecular formula is C19H29N3O5S. The van der Waals surface area contributed by atoms with Crippen molar-refractivity contribution in [2.45, 2.75) is 50.1 Å². The van der Waals surface area contributed by atoms with Gasteiger partial charge in [-0.2, -0.15) is 0 Å². The second-order valence-corrected chi connectivity index (χ2v) is 9.97. The van der Waals surface area contributed by atoms with Gasteiger partial charge in [0.15, 0.2) is 6.10 Å². The Morgan fingerprint density at radius 1 is 1.18 bits per heavy atom. The molecule has 8 nitrogen and oxygen atoms in total. The molecule has 28 heavy (non-hydrogen) atoms. The summed E-state index contributed by atoms with van der Waals surface area (Å²) in [5.41, 5.74) is 0.981. The van der Waals surface area contributed by atoms with E-state index in [9.17, 15) is 13.2 Å². The summed E-state index contributed by atoms with van der Waals surface area (Å²) in [6.07, 6.45) is 4.14. The molecule has 0 aromatic carbocycles. The molecule has 1 aromatic heterocycles. The molecule has 2 atom stereocenters. The largest absolute Gasteiger partial charge is 0.382 e. The number of amides is 1. The lowest BCUT2D eigenvalue weighted by Crippen LogP contribution is -2.65. The zero-order valence-electron chi connectivity index (χ0n) is 16.7. The third-order valence-corrected chi connectivity index (χ3v) is 7.77. The number of methoxy groups -OCH3 is 1. The third-order valence-electron chi connectivity index (χ3n) is 5.49. The average molecular weight is 412 g/mol. The average Bonchev–Trinajstić information content (AvgIpc) is 2.70. The zero-order chi connectivity index (χ0) is 20.3. The van der Waals surface area contributed by atoms with Crippen molar-refractivity contribution in [1.29, 1.82) is 0 Å². The van der Waals surface area contributed by atoms with E-state index in [0.717, 1.165) is 5.56 Å². The van der Waals surface area contributed by atoms with Crippen LogP contribution in [0.15, 0.2) is 24.5 Å². The molecule has 0 spiro atoms. The van der Waals surface area contributed by atoms with Crippen LogP contribution in [-0.2, 0) is 24.3 Å². The fraction of sp³-hybridized carbons (Fsp3) is 0.684. The molecule has 2 fully saturated rings. The summed E-state index contributed by atoms with van der Waals surface area (Å²) in [5, 5.41) is -0.433. The summed E-state index contributed by atoms with van der Waals surface area (Å²) in [6.45, 7) is 5.05. The highest BCUT2D eigenvalue weighted by Crippen LogP contribution is 2.41. The van der Waals surface area contributed by atoms with Crippen molar-refractivity contribution in [3.63, 3.8) is 0 Å². The van der Waals surface area contributed by atoms with Gasteiger partial charge in [0.25, 0.3) is 5.91 Å². The normalized spacial score (nSPS) is 24.6. The van der Waals surface area contributed by atoms with Gasteiger partial charge in [0.2, 0.25) is 10.0 Å². The number of carbonyl (C=O) groups excluding carboxylic acids is 1. The van der Waals surface area contributed by atoms with Gasteiger partial charge < -0.3 is 14.4 Å². The second kappa shape index (κ2) is 8.86. The smallest absolute Gasteiger partial charge is 0.255 e. The topological polar surface area (TPSA) is 89.0 Å². The van der Waals surface area contributed by atoms with Crippen LogP contribution in [0.25, 0.3) is 0 Å². The molecule has 0 N–H and O–H groups in total. The van der Waals surface area contributed by atoms with Gasteiger partial charge in [0.05, 0.1) is 24.5 Å². The summed E-state index contributed by atoms with van der Waals surface area (Å²) in [6, 6.07) is 3.63. The van der Waals surface area contributed by atoms with Crippen LogP contribution in [0.3, 0.4) is 0 Å². The van der Waals surface area contributed by atoms with Crippen LogP contribution in [0.2, 0.25) is 0 Å². The lowest BCUT2D eigenvalue weighted by atomic mass is 9.87. The Labute approximate surface area is 166 Å². The number of piperidine rings is 1. The van der Waals surface area contributed by atoms with Crippen LogP contribution in [-0.4, -0.2) is 79.3 Å². The first kappa shape index (κ1) is 21.2. The van der Waals surface area contributed by atoms with Crippen molar-refractivity contribution in [3.8, 4) is 0 Å². The number of sulfonamides is 1. The highest BCUT2D eigenvalue weighted by molar-refractivity contribution is 7.89. The van der Waals surface area contributed by atoms with E-state index in [1.54, 1.807) is 37.7 Å². The zero-order valence-corrected chi connectivity index (χ0v) is 17.5. The van der Waals surface area contributed by atoms with Gasteiger partial charge >= 0.3 is 0 Å². The minimum absolute atomic E-state index is 0.00607. The number of rotatable bonds is 8. The van der Waals surface area contributed by atoms with Crippen molar-refractivity contribution in [3.05, 3.63) is 30.1 Å². The van der Waals surface area contributed by atoms with Gasteiger partial charge in [0.1, 0.15) is 0 Å². The number of aromatic nitrogens is 1. The Bertz CT molecular complexity index is 763. The van der Waals surface area contributed by atoms with Crippen molar-refractivity contribution >= 4 is 15.9 Å². The molecule has 1 aromatic rings. The molecule has 2 aliphatic heterocycles. The predicted molar refractivity (Wildman–Crippen MR) is 104 cm³/mol. The number of carbonyl (C=O) groups is 1. The number of hydrogen-bond donors (Lipinski definition) is 0. The Morgan fingerprint density at radius 3 is 2.39 bits per heavy atom. The Hall–Kier alpha value is -1.55. The fourth-order valence-corrected chi connectivity index (χ4v) is 5.20. The van der Waals surface area contributed by atoms with Crippen molar-refractivity contribution in [1.82, 2.24) is 14.2 Å². The van der Waals surface area contributed by atoms with Crippen molar-refractivity contribution < 1.29 is 22.7 Å². The Morgan fingerprint density at radius 2 is 1.82 bits per heavy atom. The lowest BCUT2D eigenvalue weighted by molar-refractivity contribution is -0.183. The molecule has 0 radical (unpaired) electrons. The van der Waals surface area contributed by atoms with Gasteiger partial charge in [-0.25, -0.2) is 12.7 Å². The second-order valence-electron chi connectivity index (χ2n) is 7.48. The molecule has 0 unspecified atom stereocenters. The fourth-order valence-electron chi connectivity index (χ4n) is 3.88. The Balaban J connectivity index is 1.71. The summed E-state index contributed by atoms with van der Waals surface area (Å²) in [7, 11) is -1.66. The molecule has 2 aliphatic rings. The summed E-state index contributed by atoms with van der Waals surface area (Å²) < 4.78 is 37.2. The highest BCUT2D eigenvalue weighted by Gasteiger charge is 2.52. The lowest BCUT2D eigenvalue weighted by Gasteiger charge is -2.52. The minimum atomic E-state index is -3.26. The maximum atomic E-state index is 12.8. The van der Waals surface area contributed by atoms with Gasteiger partial charge in [-0.15, -0.1) is 0 Å². The first-order valence-electron chi connectivity index (χ1n) is 9.69. The van der Waals surface area contributed by atoms with Crippen LogP contribution in [0.5, 0.6) is 0 Å². The molecule has 156 valence electrons. The van der Waals surface area contributed by atoms with Crippen LogP contribution in [0.4, 0.5) is 0 Å². The van der Waals surface area contributed by atoms with Gasteiger partial charge in [-0.3, -0.25) is 9.78 Å². The van der Waals surface area contributed by atoms with E-state index in [-0.39, 0.29) is 18.0 Å². The molecule has 1 amide bonds. The number of β-lactam (4-membered cyclic amide) rings is 1. The van der Waals surface area contributed by atoms with E-state index in [4.69, 9.17) is 9.47 Å². The molecule has 0 saturated carbocycles. The number of nitrogens with zero attached hydrogens (tertiary/aromatic N) is 3. The summed E-state index contributed by atoms with van der Waals surface area (Å²) in [4.78, 5) is 18.8. The van der Waals surface area contributed by atoms with E-state index in [0.29, 0.717) is 39.1 Å². The number of ether oxygens (including phenoxy) is 2. The quantitative estimate of drug-likeness (QED) is 0.472. The number of pyridine rings is 1. The van der Waals surface area contributed by atoms with Crippen LogP contribution in [0.1, 0.15) is 38.3 Å². The third kappa shape index (κ3) is 4.07. The SMILES string of the molecule is COCCO[C@H]1C(=O)N(C2CCN(S(=O)(=O)C(C)C)CC2)[C@H]1c1ccncc1. The molecule has 9 heteroatoms. The maximum Gasteiger partial charge on any atom is 0.255 e. The monoisotopic (exact) mass is 411 g/mol. The van der Waals surface area contributed by atoms with Crippen LogP contribution in [0, 0.1) is 0 Å². The maximum absolute atomic E-state index is 12.8. The summed E-state index contributed by atoms with van der Waals surface area (Å²) in [5.74, 6) is -0.0388. The molecular weight excluding hydrogens is 382 g/mol. The number of hydrogen-bond acceptors (Lipinski definition) is 6.